The van der Waals surface area contributed by atoms with E-state index in [0.29, 0.717) is 26.2 Å². The Hall–Kier alpha value is -3.57. The van der Waals surface area contributed by atoms with Crippen LogP contribution in [-0.2, 0) is 22.7 Å². The topological polar surface area (TPSA) is 48.0 Å². The van der Waals surface area contributed by atoms with E-state index in [2.05, 4.69) is 24.3 Å². The molecule has 2 bridgehead atoms. The molecule has 2 atom stereocenters. The molecule has 3 aromatic carbocycles. The first-order chi connectivity index (χ1) is 16.3. The molecule has 3 aromatic rings. The minimum atomic E-state index is -0.291. The van der Waals surface area contributed by atoms with E-state index >= 15 is 0 Å². The Bertz CT molecular complexity index is 1110. The van der Waals surface area contributed by atoms with Crippen LogP contribution in [0.15, 0.2) is 91.0 Å². The third-order valence-corrected chi connectivity index (χ3v) is 6.08. The van der Waals surface area contributed by atoms with Crippen LogP contribution < -0.4 is 4.74 Å². The van der Waals surface area contributed by atoms with Gasteiger partial charge in [-0.05, 0) is 29.2 Å². The molecule has 2 aliphatic rings. The molecule has 0 radical (unpaired) electrons. The van der Waals surface area contributed by atoms with Crippen LogP contribution in [-0.4, -0.2) is 36.3 Å². The lowest BCUT2D eigenvalue weighted by Gasteiger charge is -2.43. The zero-order valence-electron chi connectivity index (χ0n) is 18.4. The van der Waals surface area contributed by atoms with Gasteiger partial charge in [-0.15, -0.1) is 0 Å². The molecule has 0 aliphatic carbocycles. The Morgan fingerprint density at radius 3 is 2.24 bits per heavy atom. The summed E-state index contributed by atoms with van der Waals surface area (Å²) in [5.41, 5.74) is 4.36. The first-order valence-corrected chi connectivity index (χ1v) is 11.3. The number of carbonyl (C=O) groups is 1. The molecule has 0 saturated carbocycles. The summed E-state index contributed by atoms with van der Waals surface area (Å²) in [6.07, 6.45) is 2.54. The van der Waals surface area contributed by atoms with Gasteiger partial charge < -0.3 is 14.2 Å². The Kier molecular flexibility index (Phi) is 6.40. The molecule has 1 amide bonds. The van der Waals surface area contributed by atoms with E-state index in [1.165, 1.54) is 5.57 Å². The van der Waals surface area contributed by atoms with Crippen LogP contribution in [0.4, 0.5) is 4.79 Å². The lowest BCUT2D eigenvalue weighted by atomic mass is 9.89. The summed E-state index contributed by atoms with van der Waals surface area (Å²) in [5, 5.41) is 0. The maximum atomic E-state index is 12.9. The van der Waals surface area contributed by atoms with Crippen LogP contribution in [0.1, 0.15) is 23.1 Å². The van der Waals surface area contributed by atoms with Crippen molar-refractivity contribution in [1.82, 2.24) is 4.90 Å². The van der Waals surface area contributed by atoms with E-state index in [1.807, 2.05) is 71.6 Å². The Labute approximate surface area is 194 Å². The van der Waals surface area contributed by atoms with E-state index in [1.54, 1.807) is 0 Å². The summed E-state index contributed by atoms with van der Waals surface area (Å²) in [6, 6.07) is 27.8. The van der Waals surface area contributed by atoms with Gasteiger partial charge in [0.25, 0.3) is 0 Å². The summed E-state index contributed by atoms with van der Waals surface area (Å²) < 4.78 is 17.6. The van der Waals surface area contributed by atoms with Crippen molar-refractivity contribution < 1.29 is 19.0 Å². The minimum absolute atomic E-state index is 0.0609. The van der Waals surface area contributed by atoms with Gasteiger partial charge in [0, 0.05) is 5.56 Å². The fourth-order valence-corrected chi connectivity index (χ4v) is 4.47. The third kappa shape index (κ3) is 4.94. The third-order valence-electron chi connectivity index (χ3n) is 6.08. The van der Waals surface area contributed by atoms with Crippen LogP contribution in [0.5, 0.6) is 5.75 Å². The molecular weight excluding hydrogens is 414 g/mol. The van der Waals surface area contributed by atoms with Crippen molar-refractivity contribution in [3.8, 4) is 5.75 Å². The standard InChI is InChI=1S/C28H27NO4/c30-28(33-18-22-11-5-2-6-12-22)29-24-15-23(16-25(29)20-31-19-24)26-13-7-8-14-27(26)32-17-21-9-3-1-4-10-21/h1-15,24-25H,16-20H2. The van der Waals surface area contributed by atoms with Gasteiger partial charge in [-0.25, -0.2) is 4.79 Å². The number of amides is 1. The molecular formula is C28H27NO4. The molecule has 5 nitrogen and oxygen atoms in total. The van der Waals surface area contributed by atoms with E-state index in [-0.39, 0.29) is 24.8 Å². The van der Waals surface area contributed by atoms with Gasteiger partial charge in [0.15, 0.2) is 0 Å². The summed E-state index contributed by atoms with van der Waals surface area (Å²) >= 11 is 0. The molecule has 5 heteroatoms. The number of para-hydroxylation sites is 1. The highest BCUT2D eigenvalue weighted by molar-refractivity contribution is 5.76. The van der Waals surface area contributed by atoms with Crippen molar-refractivity contribution >= 4 is 11.7 Å². The average Bonchev–Trinajstić information content (AvgIpc) is 2.87. The predicted molar refractivity (Wildman–Crippen MR) is 127 cm³/mol. The second-order valence-corrected chi connectivity index (χ2v) is 8.37. The highest BCUT2D eigenvalue weighted by Crippen LogP contribution is 2.37. The fourth-order valence-electron chi connectivity index (χ4n) is 4.47. The number of nitrogens with zero attached hydrogens (tertiary/aromatic N) is 1. The molecule has 0 N–H and O–H groups in total. The van der Waals surface area contributed by atoms with Gasteiger partial charge in [-0.3, -0.25) is 4.90 Å². The van der Waals surface area contributed by atoms with Gasteiger partial charge in [-0.2, -0.15) is 0 Å². The molecule has 1 saturated heterocycles. The number of morpholine rings is 1. The van der Waals surface area contributed by atoms with Crippen molar-refractivity contribution in [2.24, 2.45) is 0 Å². The molecule has 1 fully saturated rings. The maximum absolute atomic E-state index is 12.9. The van der Waals surface area contributed by atoms with Crippen molar-refractivity contribution in [3.05, 3.63) is 108 Å². The van der Waals surface area contributed by atoms with Gasteiger partial charge >= 0.3 is 6.09 Å². The number of rotatable bonds is 6. The van der Waals surface area contributed by atoms with Gasteiger partial charge in [-0.1, -0.05) is 84.9 Å². The number of benzene rings is 3. The molecule has 2 aliphatic heterocycles. The number of hydrogen-bond acceptors (Lipinski definition) is 4. The SMILES string of the molecule is O=C(OCc1ccccc1)N1C2C=C(c3ccccc3OCc3ccccc3)CC1COC2. The second kappa shape index (κ2) is 9.92. The molecule has 2 unspecified atom stereocenters. The van der Waals surface area contributed by atoms with Gasteiger partial charge in [0.2, 0.25) is 0 Å². The Balaban J connectivity index is 1.32. The minimum Gasteiger partial charge on any atom is -0.488 e. The van der Waals surface area contributed by atoms with Crippen LogP contribution >= 0.6 is 0 Å². The number of carbonyl (C=O) groups excluding carboxylic acids is 1. The number of hydrogen-bond donors (Lipinski definition) is 0. The van der Waals surface area contributed by atoms with E-state index in [4.69, 9.17) is 14.2 Å². The second-order valence-electron chi connectivity index (χ2n) is 8.37. The maximum Gasteiger partial charge on any atom is 0.411 e. The summed E-state index contributed by atoms with van der Waals surface area (Å²) in [4.78, 5) is 14.8. The summed E-state index contributed by atoms with van der Waals surface area (Å²) in [5.74, 6) is 0.853. The molecule has 168 valence electrons. The van der Waals surface area contributed by atoms with Crippen LogP contribution in [0, 0.1) is 0 Å². The van der Waals surface area contributed by atoms with Gasteiger partial charge in [0.05, 0.1) is 25.3 Å². The highest BCUT2D eigenvalue weighted by Gasteiger charge is 2.39. The fraction of sp³-hybridized carbons (Fsp3) is 0.250. The molecule has 5 rings (SSSR count). The van der Waals surface area contributed by atoms with Gasteiger partial charge in [0.1, 0.15) is 19.0 Å². The Morgan fingerprint density at radius 2 is 1.52 bits per heavy atom. The van der Waals surface area contributed by atoms with E-state index in [0.717, 1.165) is 22.4 Å². The highest BCUT2D eigenvalue weighted by atomic mass is 16.6. The molecule has 33 heavy (non-hydrogen) atoms. The van der Waals surface area contributed by atoms with E-state index < -0.39 is 0 Å². The van der Waals surface area contributed by atoms with Crippen LogP contribution in [0.3, 0.4) is 0 Å². The lowest BCUT2D eigenvalue weighted by molar-refractivity contribution is -0.0342. The lowest BCUT2D eigenvalue weighted by Crippen LogP contribution is -2.56. The number of ether oxygens (including phenoxy) is 3. The Morgan fingerprint density at radius 1 is 0.848 bits per heavy atom. The van der Waals surface area contributed by atoms with Crippen molar-refractivity contribution in [1.29, 1.82) is 0 Å². The van der Waals surface area contributed by atoms with Crippen molar-refractivity contribution in [3.63, 3.8) is 0 Å². The quantitative estimate of drug-likeness (QED) is 0.510. The molecule has 0 spiro atoms. The largest absolute Gasteiger partial charge is 0.488 e. The molecule has 2 heterocycles. The summed E-state index contributed by atoms with van der Waals surface area (Å²) in [7, 11) is 0. The zero-order valence-corrected chi connectivity index (χ0v) is 18.4. The zero-order chi connectivity index (χ0) is 22.5. The average molecular weight is 442 g/mol. The van der Waals surface area contributed by atoms with Crippen molar-refractivity contribution in [2.45, 2.75) is 31.7 Å². The first-order valence-electron chi connectivity index (χ1n) is 11.3. The van der Waals surface area contributed by atoms with E-state index in [9.17, 15) is 4.79 Å². The van der Waals surface area contributed by atoms with Crippen LogP contribution in [0.2, 0.25) is 0 Å². The molecule has 0 aromatic heterocycles. The normalized spacial score (nSPS) is 19.5. The number of fused-ring (bicyclic) bond motifs is 2. The monoisotopic (exact) mass is 441 g/mol. The smallest absolute Gasteiger partial charge is 0.411 e. The van der Waals surface area contributed by atoms with Crippen LogP contribution in [0.25, 0.3) is 5.57 Å². The first kappa shape index (κ1) is 21.3. The van der Waals surface area contributed by atoms with Crippen molar-refractivity contribution in [2.75, 3.05) is 13.2 Å². The summed E-state index contributed by atoms with van der Waals surface area (Å²) in [6.45, 7) is 1.75. The predicted octanol–water partition coefficient (Wildman–Crippen LogP) is 5.46.